The fraction of sp³-hybridized carbons (Fsp3) is 0.579. The summed E-state index contributed by atoms with van der Waals surface area (Å²) in [6.45, 7) is 1.20. The summed E-state index contributed by atoms with van der Waals surface area (Å²) in [4.78, 5) is 28.5. The van der Waals surface area contributed by atoms with Crippen LogP contribution in [0.1, 0.15) is 6.42 Å². The second-order valence-electron chi connectivity index (χ2n) is 7.57. The first kappa shape index (κ1) is 21.4. The number of sulfone groups is 1. The van der Waals surface area contributed by atoms with Crippen molar-refractivity contribution in [1.82, 2.24) is 15.1 Å². The van der Waals surface area contributed by atoms with Gasteiger partial charge in [0.25, 0.3) is 0 Å². The van der Waals surface area contributed by atoms with Gasteiger partial charge in [-0.2, -0.15) is 0 Å². The molecule has 10 heteroatoms. The third-order valence-corrected chi connectivity index (χ3v) is 6.70. The summed E-state index contributed by atoms with van der Waals surface area (Å²) >= 11 is 0. The molecule has 0 spiro atoms. The van der Waals surface area contributed by atoms with Gasteiger partial charge in [0, 0.05) is 19.1 Å². The van der Waals surface area contributed by atoms with Gasteiger partial charge in [-0.05, 0) is 32.6 Å². The molecule has 1 saturated heterocycles. The van der Waals surface area contributed by atoms with E-state index in [1.165, 1.54) is 4.90 Å². The fourth-order valence-electron chi connectivity index (χ4n) is 3.36. The van der Waals surface area contributed by atoms with Crippen LogP contribution in [0.5, 0.6) is 11.5 Å². The molecule has 2 heterocycles. The Morgan fingerprint density at radius 1 is 1.17 bits per heavy atom. The molecule has 2 aliphatic rings. The summed E-state index contributed by atoms with van der Waals surface area (Å²) in [5.74, 6) is -0.314. The van der Waals surface area contributed by atoms with E-state index in [0.29, 0.717) is 24.5 Å². The van der Waals surface area contributed by atoms with Gasteiger partial charge in [-0.15, -0.1) is 0 Å². The minimum Gasteiger partial charge on any atom is -0.486 e. The van der Waals surface area contributed by atoms with E-state index >= 15 is 0 Å². The van der Waals surface area contributed by atoms with Crippen molar-refractivity contribution in [2.24, 2.45) is 0 Å². The highest BCUT2D eigenvalue weighted by molar-refractivity contribution is 7.91. The molecule has 9 nitrogen and oxygen atoms in total. The van der Waals surface area contributed by atoms with E-state index in [1.807, 2.05) is 31.1 Å². The maximum Gasteiger partial charge on any atom is 0.312 e. The lowest BCUT2D eigenvalue weighted by Gasteiger charge is -2.29. The second-order valence-corrected chi connectivity index (χ2v) is 9.80. The van der Waals surface area contributed by atoms with Crippen molar-refractivity contribution in [3.8, 4) is 11.5 Å². The van der Waals surface area contributed by atoms with Crippen LogP contribution in [0.2, 0.25) is 0 Å². The lowest BCUT2D eigenvalue weighted by Crippen LogP contribution is -2.52. The highest BCUT2D eigenvalue weighted by Gasteiger charge is 2.36. The lowest BCUT2D eigenvalue weighted by atomic mass is 10.2. The Kier molecular flexibility index (Phi) is 6.63. The monoisotopic (exact) mass is 425 g/mol. The number of hydrogen-bond donors (Lipinski definition) is 1. The van der Waals surface area contributed by atoms with Crippen LogP contribution in [0.4, 0.5) is 0 Å². The maximum atomic E-state index is 12.8. The first-order valence-corrected chi connectivity index (χ1v) is 11.4. The summed E-state index contributed by atoms with van der Waals surface area (Å²) < 4.78 is 35.0. The van der Waals surface area contributed by atoms with E-state index in [0.717, 1.165) is 0 Å². The van der Waals surface area contributed by atoms with Gasteiger partial charge in [-0.25, -0.2) is 8.42 Å². The molecule has 2 atom stereocenters. The Morgan fingerprint density at radius 2 is 1.90 bits per heavy atom. The minimum atomic E-state index is -3.17. The summed E-state index contributed by atoms with van der Waals surface area (Å²) in [7, 11) is 0.535. The number of carbonyl (C=O) groups excluding carboxylic acids is 2. The van der Waals surface area contributed by atoms with E-state index in [9.17, 15) is 18.0 Å². The van der Waals surface area contributed by atoms with E-state index in [2.05, 4.69) is 5.32 Å². The van der Waals surface area contributed by atoms with Crippen LogP contribution < -0.4 is 14.8 Å². The Labute approximate surface area is 170 Å². The van der Waals surface area contributed by atoms with Crippen LogP contribution >= 0.6 is 0 Å². The fourth-order valence-corrected chi connectivity index (χ4v) is 5.09. The molecule has 3 rings (SSSR count). The van der Waals surface area contributed by atoms with Crippen LogP contribution in [-0.2, 0) is 19.4 Å². The third kappa shape index (κ3) is 5.60. The van der Waals surface area contributed by atoms with Gasteiger partial charge in [-0.3, -0.25) is 9.59 Å². The molecule has 0 bridgehead atoms. The Morgan fingerprint density at radius 3 is 2.55 bits per heavy atom. The summed E-state index contributed by atoms with van der Waals surface area (Å²) in [6.07, 6.45) is -0.0609. The smallest absolute Gasteiger partial charge is 0.312 e. The summed E-state index contributed by atoms with van der Waals surface area (Å²) in [6, 6.07) is 6.77. The SMILES string of the molecule is CN(C)CCN(C(=O)C(=O)NCC1COc2ccccc2O1)C1CCS(=O)(=O)C1. The number of fused-ring (bicyclic) bond motifs is 1. The normalized spacial score (nSPS) is 22.3. The molecule has 160 valence electrons. The van der Waals surface area contributed by atoms with Gasteiger partial charge >= 0.3 is 11.8 Å². The number of amides is 2. The Hall–Kier alpha value is -2.33. The number of ether oxygens (including phenoxy) is 2. The van der Waals surface area contributed by atoms with Gasteiger partial charge in [0.2, 0.25) is 0 Å². The predicted molar refractivity (Wildman–Crippen MR) is 107 cm³/mol. The quantitative estimate of drug-likeness (QED) is 0.614. The molecule has 2 unspecified atom stereocenters. The molecule has 0 aromatic heterocycles. The molecule has 29 heavy (non-hydrogen) atoms. The number of hydrogen-bond acceptors (Lipinski definition) is 7. The van der Waals surface area contributed by atoms with Gasteiger partial charge < -0.3 is 24.6 Å². The molecule has 0 saturated carbocycles. The highest BCUT2D eigenvalue weighted by atomic mass is 32.2. The Balaban J connectivity index is 1.58. The standard InChI is InChI=1S/C19H27N3O6S/c1-21(2)8-9-22(14-7-10-29(25,26)13-14)19(24)18(23)20-11-15-12-27-16-5-3-4-6-17(16)28-15/h3-6,14-15H,7-13H2,1-2H3,(H,20,23). The number of para-hydroxylation sites is 2. The molecule has 1 aromatic rings. The third-order valence-electron chi connectivity index (χ3n) is 4.95. The largest absolute Gasteiger partial charge is 0.486 e. The number of nitrogens with one attached hydrogen (secondary N) is 1. The zero-order valence-electron chi connectivity index (χ0n) is 16.7. The van der Waals surface area contributed by atoms with Crippen LogP contribution in [0, 0.1) is 0 Å². The number of nitrogens with zero attached hydrogens (tertiary/aromatic N) is 2. The molecule has 2 aliphatic heterocycles. The molecule has 1 fully saturated rings. The van der Waals surface area contributed by atoms with Gasteiger partial charge in [0.05, 0.1) is 18.1 Å². The van der Waals surface area contributed by atoms with Gasteiger partial charge in [-0.1, -0.05) is 12.1 Å². The molecule has 1 N–H and O–H groups in total. The van der Waals surface area contributed by atoms with Crippen LogP contribution in [0.3, 0.4) is 0 Å². The minimum absolute atomic E-state index is 0.0394. The average Bonchev–Trinajstić information content (AvgIpc) is 3.05. The molecular weight excluding hydrogens is 398 g/mol. The van der Waals surface area contributed by atoms with E-state index in [1.54, 1.807) is 12.1 Å². The first-order chi connectivity index (χ1) is 13.7. The van der Waals surface area contributed by atoms with Crippen molar-refractivity contribution >= 4 is 21.7 Å². The van der Waals surface area contributed by atoms with Crippen molar-refractivity contribution in [1.29, 1.82) is 0 Å². The van der Waals surface area contributed by atoms with Crippen molar-refractivity contribution in [2.45, 2.75) is 18.6 Å². The van der Waals surface area contributed by atoms with Crippen molar-refractivity contribution in [3.05, 3.63) is 24.3 Å². The number of carbonyl (C=O) groups is 2. The van der Waals surface area contributed by atoms with E-state index < -0.39 is 33.8 Å². The topological polar surface area (TPSA) is 105 Å². The van der Waals surface area contributed by atoms with E-state index in [-0.39, 0.29) is 31.2 Å². The highest BCUT2D eigenvalue weighted by Crippen LogP contribution is 2.30. The van der Waals surface area contributed by atoms with Crippen molar-refractivity contribution in [2.75, 3.05) is 51.8 Å². The van der Waals surface area contributed by atoms with Crippen LogP contribution in [0.15, 0.2) is 24.3 Å². The van der Waals surface area contributed by atoms with Crippen LogP contribution in [-0.4, -0.2) is 94.0 Å². The Bertz CT molecular complexity index is 857. The maximum absolute atomic E-state index is 12.8. The van der Waals surface area contributed by atoms with Crippen molar-refractivity contribution in [3.63, 3.8) is 0 Å². The predicted octanol–water partition coefficient (Wildman–Crippen LogP) is -0.480. The van der Waals surface area contributed by atoms with Gasteiger partial charge in [0.15, 0.2) is 21.3 Å². The number of likely N-dealkylation sites (N-methyl/N-ethyl adjacent to an activating group) is 1. The zero-order valence-corrected chi connectivity index (χ0v) is 17.5. The average molecular weight is 426 g/mol. The number of benzene rings is 1. The zero-order chi connectivity index (χ0) is 21.0. The van der Waals surface area contributed by atoms with Crippen molar-refractivity contribution < 1.29 is 27.5 Å². The molecule has 2 amide bonds. The summed E-state index contributed by atoms with van der Waals surface area (Å²) in [5.41, 5.74) is 0. The van der Waals surface area contributed by atoms with E-state index in [4.69, 9.17) is 9.47 Å². The first-order valence-electron chi connectivity index (χ1n) is 9.57. The molecule has 0 radical (unpaired) electrons. The lowest BCUT2D eigenvalue weighted by molar-refractivity contribution is -0.147. The molecular formula is C19H27N3O6S. The molecule has 1 aromatic carbocycles. The van der Waals surface area contributed by atoms with Crippen LogP contribution in [0.25, 0.3) is 0 Å². The molecule has 0 aliphatic carbocycles. The van der Waals surface area contributed by atoms with Gasteiger partial charge in [0.1, 0.15) is 12.7 Å². The number of rotatable bonds is 6. The summed E-state index contributed by atoms with van der Waals surface area (Å²) in [5, 5.41) is 2.60. The second kappa shape index (κ2) is 9.00.